The van der Waals surface area contributed by atoms with Gasteiger partial charge in [-0.15, -0.1) is 0 Å². The van der Waals surface area contributed by atoms with Crippen LogP contribution in [0.1, 0.15) is 35.2 Å². The maximum Gasteiger partial charge on any atom is 0.253 e. The number of benzene rings is 1. The van der Waals surface area contributed by atoms with E-state index in [-0.39, 0.29) is 36.1 Å². The predicted octanol–water partition coefficient (Wildman–Crippen LogP) is 1.62. The molecule has 1 amide bonds. The fourth-order valence-electron chi connectivity index (χ4n) is 5.27. The molecule has 0 unspecified atom stereocenters. The maximum atomic E-state index is 13.0. The van der Waals surface area contributed by atoms with Crippen LogP contribution in [0.25, 0.3) is 0 Å². The average Bonchev–Trinajstić information content (AvgIpc) is 3.28. The minimum atomic E-state index is -0.203. The second kappa shape index (κ2) is 5.20. The summed E-state index contributed by atoms with van der Waals surface area (Å²) in [5, 5.41) is 9.71. The molecule has 3 saturated heterocycles. The molecule has 1 aromatic carbocycles. The highest BCUT2D eigenvalue weighted by molar-refractivity contribution is 5.95. The summed E-state index contributed by atoms with van der Waals surface area (Å²) in [6, 6.07) is 5.79. The summed E-state index contributed by atoms with van der Waals surface area (Å²) in [5.41, 5.74) is 1.67. The number of fused-ring (bicyclic) bond motifs is 2. The molecule has 4 aliphatic rings. The molecule has 5 rings (SSSR count). The molecule has 4 heterocycles. The lowest BCUT2D eigenvalue weighted by Gasteiger charge is -2.27. The summed E-state index contributed by atoms with van der Waals surface area (Å²) in [7, 11) is 0. The lowest BCUT2D eigenvalue weighted by Crippen LogP contribution is -2.38. The lowest BCUT2D eigenvalue weighted by molar-refractivity contribution is 0.00154. The normalized spacial score (nSPS) is 36.4. The van der Waals surface area contributed by atoms with E-state index in [4.69, 9.17) is 9.47 Å². The number of hydrogen-bond donors (Lipinski definition) is 1. The summed E-state index contributed by atoms with van der Waals surface area (Å²) in [6.45, 7) is 2.29. The first-order valence-electron chi connectivity index (χ1n) is 9.04. The minimum absolute atomic E-state index is 0.0795. The fraction of sp³-hybridized carbons (Fsp3) is 0.632. The van der Waals surface area contributed by atoms with Crippen LogP contribution in [-0.2, 0) is 11.2 Å². The highest BCUT2D eigenvalue weighted by Gasteiger charge is 2.63. The first-order chi connectivity index (χ1) is 11.7. The topological polar surface area (TPSA) is 59.0 Å². The first kappa shape index (κ1) is 14.7. The Labute approximate surface area is 141 Å². The highest BCUT2D eigenvalue weighted by atomic mass is 16.5. The molecule has 5 nitrogen and oxygen atoms in total. The number of aryl methyl sites for hydroxylation is 1. The van der Waals surface area contributed by atoms with Crippen LogP contribution >= 0.6 is 0 Å². The van der Waals surface area contributed by atoms with Gasteiger partial charge in [-0.3, -0.25) is 4.79 Å². The largest absolute Gasteiger partial charge is 0.493 e. The van der Waals surface area contributed by atoms with Crippen molar-refractivity contribution >= 4 is 5.91 Å². The third-order valence-electron chi connectivity index (χ3n) is 6.44. The zero-order chi connectivity index (χ0) is 16.3. The molecule has 4 aliphatic heterocycles. The molecule has 4 atom stereocenters. The van der Waals surface area contributed by atoms with Crippen molar-refractivity contribution in [2.75, 3.05) is 26.3 Å². The van der Waals surface area contributed by atoms with Crippen molar-refractivity contribution in [2.45, 2.75) is 37.4 Å². The van der Waals surface area contributed by atoms with Crippen LogP contribution in [0.3, 0.4) is 0 Å². The van der Waals surface area contributed by atoms with Gasteiger partial charge >= 0.3 is 0 Å². The van der Waals surface area contributed by atoms with Crippen LogP contribution in [0.15, 0.2) is 18.2 Å². The number of hydrogen-bond acceptors (Lipinski definition) is 4. The van der Waals surface area contributed by atoms with E-state index in [1.165, 1.54) is 0 Å². The van der Waals surface area contributed by atoms with E-state index in [1.54, 1.807) is 0 Å². The van der Waals surface area contributed by atoms with E-state index in [1.807, 2.05) is 23.1 Å². The van der Waals surface area contributed by atoms with E-state index < -0.39 is 0 Å². The van der Waals surface area contributed by atoms with Crippen molar-refractivity contribution < 1.29 is 19.4 Å². The van der Waals surface area contributed by atoms with Crippen LogP contribution in [-0.4, -0.2) is 53.9 Å². The maximum absolute atomic E-state index is 13.0. The molecular weight excluding hydrogens is 306 g/mol. The molecule has 1 N–H and O–H groups in total. The first-order valence-corrected chi connectivity index (χ1v) is 9.04. The third kappa shape index (κ3) is 1.97. The van der Waals surface area contributed by atoms with Gasteiger partial charge in [-0.25, -0.2) is 0 Å². The Bertz CT molecular complexity index is 690. The second-order valence-corrected chi connectivity index (χ2v) is 7.67. The number of ether oxygens (including phenoxy) is 2. The number of rotatable bonds is 2. The van der Waals surface area contributed by atoms with E-state index in [9.17, 15) is 9.90 Å². The van der Waals surface area contributed by atoms with E-state index in [0.717, 1.165) is 49.2 Å². The van der Waals surface area contributed by atoms with E-state index in [0.29, 0.717) is 13.1 Å². The van der Waals surface area contributed by atoms with Gasteiger partial charge in [0.2, 0.25) is 0 Å². The van der Waals surface area contributed by atoms with Gasteiger partial charge in [0.25, 0.3) is 5.91 Å². The number of amides is 1. The Morgan fingerprint density at radius 2 is 2.33 bits per heavy atom. The molecule has 0 aliphatic carbocycles. The van der Waals surface area contributed by atoms with Gasteiger partial charge in [0.15, 0.2) is 0 Å². The Morgan fingerprint density at radius 1 is 1.42 bits per heavy atom. The average molecular weight is 329 g/mol. The zero-order valence-corrected chi connectivity index (χ0v) is 13.7. The highest BCUT2D eigenvalue weighted by Crippen LogP contribution is 2.54. The quantitative estimate of drug-likeness (QED) is 0.896. The van der Waals surface area contributed by atoms with Gasteiger partial charge < -0.3 is 19.5 Å². The number of aliphatic hydroxyl groups excluding tert-OH is 1. The number of aliphatic hydroxyl groups is 1. The zero-order valence-electron chi connectivity index (χ0n) is 13.7. The van der Waals surface area contributed by atoms with Gasteiger partial charge in [-0.05, 0) is 49.4 Å². The van der Waals surface area contributed by atoms with Gasteiger partial charge in [0.05, 0.1) is 24.9 Å². The minimum Gasteiger partial charge on any atom is -0.493 e. The van der Waals surface area contributed by atoms with E-state index >= 15 is 0 Å². The summed E-state index contributed by atoms with van der Waals surface area (Å²) < 4.78 is 11.9. The fourth-order valence-corrected chi connectivity index (χ4v) is 5.27. The summed E-state index contributed by atoms with van der Waals surface area (Å²) in [5.74, 6) is 1.47. The molecule has 0 radical (unpaired) electrons. The van der Waals surface area contributed by atoms with Crippen LogP contribution in [0.5, 0.6) is 5.75 Å². The van der Waals surface area contributed by atoms with Crippen molar-refractivity contribution in [3.05, 3.63) is 29.3 Å². The molecule has 5 heteroatoms. The second-order valence-electron chi connectivity index (χ2n) is 7.67. The molecule has 128 valence electrons. The monoisotopic (exact) mass is 329 g/mol. The van der Waals surface area contributed by atoms with Crippen LogP contribution < -0.4 is 4.74 Å². The van der Waals surface area contributed by atoms with Gasteiger partial charge in [-0.2, -0.15) is 0 Å². The lowest BCUT2D eigenvalue weighted by atomic mass is 9.74. The third-order valence-corrected chi connectivity index (χ3v) is 6.44. The predicted molar refractivity (Wildman–Crippen MR) is 87.1 cm³/mol. The summed E-state index contributed by atoms with van der Waals surface area (Å²) >= 11 is 0. The van der Waals surface area contributed by atoms with Crippen molar-refractivity contribution in [1.29, 1.82) is 0 Å². The smallest absolute Gasteiger partial charge is 0.253 e. The molecule has 24 heavy (non-hydrogen) atoms. The molecule has 0 aromatic heterocycles. The Morgan fingerprint density at radius 3 is 3.21 bits per heavy atom. The molecule has 3 fully saturated rings. The Kier molecular flexibility index (Phi) is 3.19. The molecule has 1 spiro atoms. The molecule has 2 bridgehead atoms. The molecule has 0 saturated carbocycles. The van der Waals surface area contributed by atoms with Gasteiger partial charge in [0, 0.05) is 30.6 Å². The number of carbonyl (C=O) groups excluding carboxylic acids is 1. The van der Waals surface area contributed by atoms with Gasteiger partial charge in [-0.1, -0.05) is 0 Å². The number of likely N-dealkylation sites (tertiary alicyclic amines) is 1. The number of nitrogens with zero attached hydrogens (tertiary/aromatic N) is 1. The Balaban J connectivity index is 1.39. The summed E-state index contributed by atoms with van der Waals surface area (Å²) in [6.07, 6.45) is 4.20. The van der Waals surface area contributed by atoms with Crippen LogP contribution in [0, 0.1) is 11.8 Å². The van der Waals surface area contributed by atoms with Crippen molar-refractivity contribution in [3.63, 3.8) is 0 Å². The van der Waals surface area contributed by atoms with Crippen molar-refractivity contribution in [1.82, 2.24) is 4.90 Å². The number of carbonyl (C=O) groups is 1. The SMILES string of the molecule is O=C(c1ccc2c(c1)CCCO2)N1C[C@H]2[C@@H](CO)[C@@H]3CC[C@@]2(C1)O3. The van der Waals surface area contributed by atoms with Crippen molar-refractivity contribution in [2.24, 2.45) is 11.8 Å². The van der Waals surface area contributed by atoms with Crippen LogP contribution in [0.2, 0.25) is 0 Å². The van der Waals surface area contributed by atoms with Crippen LogP contribution in [0.4, 0.5) is 0 Å². The molecular formula is C19H23NO4. The summed E-state index contributed by atoms with van der Waals surface area (Å²) in [4.78, 5) is 14.9. The molecule has 1 aromatic rings. The van der Waals surface area contributed by atoms with Gasteiger partial charge in [0.1, 0.15) is 5.75 Å². The van der Waals surface area contributed by atoms with E-state index in [2.05, 4.69) is 0 Å². The Hall–Kier alpha value is -1.59. The van der Waals surface area contributed by atoms with Crippen molar-refractivity contribution in [3.8, 4) is 5.75 Å². The standard InChI is InChI=1S/C19H23NO4/c21-10-14-15-9-20(11-19(15)6-5-17(14)24-19)18(22)13-3-4-16-12(8-13)2-1-7-23-16/h3-4,8,14-15,17,21H,1-2,5-7,9-11H2/t14-,15+,17+,19+/m1/s1.